The van der Waals surface area contributed by atoms with Crippen molar-refractivity contribution in [2.24, 2.45) is 0 Å². The molecule has 0 bridgehead atoms. The molecular weight excluding hydrogens is 952 g/mol. The molecule has 0 heterocycles. The zero-order valence-corrected chi connectivity index (χ0v) is 47.9. The summed E-state index contributed by atoms with van der Waals surface area (Å²) < 4.78 is 39.5. The van der Waals surface area contributed by atoms with Crippen molar-refractivity contribution in [2.45, 2.75) is 264 Å². The van der Waals surface area contributed by atoms with Gasteiger partial charge in [0.15, 0.2) is 6.10 Å². The van der Waals surface area contributed by atoms with Gasteiger partial charge in [-0.05, 0) is 109 Å². The SMILES string of the molecule is CC/C=C\C/C=C\C/C=C\C/C=C\C/C=C\CCCC(=O)OC(COC(=O)CCCCCCC/C=C\CCCCCC)COP(=O)(O)OCC(CO)OC(=O)CCCCCCCCC/C=C\CCCCCCCC. The minimum Gasteiger partial charge on any atom is -0.462 e. The topological polar surface area (TPSA) is 155 Å². The van der Waals surface area contributed by atoms with Crippen LogP contribution in [0.3, 0.4) is 0 Å². The van der Waals surface area contributed by atoms with E-state index in [1.54, 1.807) is 0 Å². The summed E-state index contributed by atoms with van der Waals surface area (Å²) in [4.78, 5) is 48.5. The maximum Gasteiger partial charge on any atom is 0.472 e. The summed E-state index contributed by atoms with van der Waals surface area (Å²) in [5, 5.41) is 9.82. The van der Waals surface area contributed by atoms with Crippen LogP contribution < -0.4 is 0 Å². The molecule has 12 heteroatoms. The first kappa shape index (κ1) is 70.7. The fraction of sp³-hybridized carbons (Fsp3) is 0.726. The first-order valence-electron chi connectivity index (χ1n) is 29.5. The van der Waals surface area contributed by atoms with Gasteiger partial charge in [-0.1, -0.05) is 209 Å². The summed E-state index contributed by atoms with van der Waals surface area (Å²) in [6.07, 6.45) is 64.0. The number of phosphoric acid groups is 1. The largest absolute Gasteiger partial charge is 0.472 e. The predicted octanol–water partition coefficient (Wildman–Crippen LogP) is 17.5. The van der Waals surface area contributed by atoms with E-state index in [-0.39, 0.29) is 25.9 Å². The van der Waals surface area contributed by atoms with Gasteiger partial charge in [-0.25, -0.2) is 4.57 Å². The Hall–Kier alpha value is -3.34. The smallest absolute Gasteiger partial charge is 0.462 e. The number of esters is 3. The predicted molar refractivity (Wildman–Crippen MR) is 307 cm³/mol. The number of rotatable bonds is 54. The second kappa shape index (κ2) is 55.9. The maximum absolute atomic E-state index is 12.9. The quantitative estimate of drug-likeness (QED) is 0.0197. The molecule has 0 aliphatic rings. The number of allylic oxidation sites excluding steroid dienone is 14. The van der Waals surface area contributed by atoms with Gasteiger partial charge in [0, 0.05) is 19.3 Å². The van der Waals surface area contributed by atoms with Crippen molar-refractivity contribution in [1.29, 1.82) is 0 Å². The van der Waals surface area contributed by atoms with Gasteiger partial charge in [-0.2, -0.15) is 0 Å². The molecular formula is C62H107O11P. The number of carbonyl (C=O) groups is 3. The summed E-state index contributed by atoms with van der Waals surface area (Å²) in [5.74, 6) is -1.55. The third kappa shape index (κ3) is 53.5. The molecule has 0 rings (SSSR count). The third-order valence-corrected chi connectivity index (χ3v) is 13.2. The van der Waals surface area contributed by atoms with Crippen molar-refractivity contribution >= 4 is 25.7 Å². The first-order valence-corrected chi connectivity index (χ1v) is 31.0. The fourth-order valence-corrected chi connectivity index (χ4v) is 8.58. The van der Waals surface area contributed by atoms with Gasteiger partial charge in [0.25, 0.3) is 0 Å². The number of unbranched alkanes of at least 4 members (excludes halogenated alkanes) is 23. The Bertz CT molecular complexity index is 1560. The zero-order valence-electron chi connectivity index (χ0n) is 47.0. The summed E-state index contributed by atoms with van der Waals surface area (Å²) in [7, 11) is -4.77. The molecule has 74 heavy (non-hydrogen) atoms. The van der Waals surface area contributed by atoms with Crippen LogP contribution in [0.2, 0.25) is 0 Å². The van der Waals surface area contributed by atoms with E-state index in [0.717, 1.165) is 96.3 Å². The van der Waals surface area contributed by atoms with Crippen molar-refractivity contribution in [3.05, 3.63) is 85.1 Å². The van der Waals surface area contributed by atoms with E-state index in [9.17, 15) is 28.9 Å². The molecule has 0 aromatic heterocycles. The van der Waals surface area contributed by atoms with E-state index in [2.05, 4.69) is 93.7 Å². The monoisotopic (exact) mass is 1060 g/mol. The number of hydrogen-bond donors (Lipinski definition) is 2. The minimum absolute atomic E-state index is 0.0851. The van der Waals surface area contributed by atoms with Gasteiger partial charge in [-0.3, -0.25) is 23.4 Å². The lowest BCUT2D eigenvalue weighted by molar-refractivity contribution is -0.161. The Morgan fingerprint density at radius 3 is 1.16 bits per heavy atom. The summed E-state index contributed by atoms with van der Waals surface area (Å²) in [6.45, 7) is 4.44. The van der Waals surface area contributed by atoms with Crippen molar-refractivity contribution in [2.75, 3.05) is 26.4 Å². The molecule has 0 amide bonds. The number of aliphatic hydroxyl groups is 1. The van der Waals surface area contributed by atoms with Gasteiger partial charge < -0.3 is 24.2 Å². The molecule has 0 saturated heterocycles. The van der Waals surface area contributed by atoms with E-state index in [1.807, 2.05) is 12.2 Å². The fourth-order valence-electron chi connectivity index (χ4n) is 7.79. The Morgan fingerprint density at radius 1 is 0.392 bits per heavy atom. The van der Waals surface area contributed by atoms with Crippen LogP contribution >= 0.6 is 7.82 Å². The van der Waals surface area contributed by atoms with E-state index in [0.29, 0.717) is 25.7 Å². The average molecular weight is 1060 g/mol. The van der Waals surface area contributed by atoms with Crippen molar-refractivity contribution in [1.82, 2.24) is 0 Å². The van der Waals surface area contributed by atoms with Crippen LogP contribution in [-0.4, -0.2) is 66.5 Å². The maximum atomic E-state index is 12.9. The molecule has 426 valence electrons. The first-order chi connectivity index (χ1) is 36.2. The van der Waals surface area contributed by atoms with Gasteiger partial charge >= 0.3 is 25.7 Å². The Kier molecular flexibility index (Phi) is 53.4. The standard InChI is InChI=1S/C62H107O11P/c1-4-7-10-13-16-19-22-25-27-29-31-34-37-40-43-46-49-52-61(65)72-58(54-63)56-70-74(67,68)71-57-59(55-69-60(64)51-48-45-42-39-36-33-24-21-18-15-12-9-6-3)73-62(66)53-50-47-44-41-38-35-32-30-28-26-23-20-17-14-11-8-5-2/h8,11,17,20-21,24-28,32,35,41,44,58-59,63H,4-7,9-10,12-16,18-19,22-23,29-31,33-34,36-40,42-43,45-57H2,1-3H3,(H,67,68)/b11-8-,20-17-,24-21-,27-25-,28-26-,35-32-,44-41-. The Morgan fingerprint density at radius 2 is 0.716 bits per heavy atom. The molecule has 2 N–H and O–H groups in total. The van der Waals surface area contributed by atoms with Crippen molar-refractivity contribution in [3.63, 3.8) is 0 Å². The average Bonchev–Trinajstić information content (AvgIpc) is 3.39. The number of phosphoric ester groups is 1. The molecule has 0 fully saturated rings. The summed E-state index contributed by atoms with van der Waals surface area (Å²) in [6, 6.07) is 0. The molecule has 0 aliphatic heterocycles. The molecule has 0 aliphatic carbocycles. The van der Waals surface area contributed by atoms with Gasteiger partial charge in [0.2, 0.25) is 0 Å². The lowest BCUT2D eigenvalue weighted by Crippen LogP contribution is -2.30. The highest BCUT2D eigenvalue weighted by molar-refractivity contribution is 7.47. The molecule has 0 saturated carbocycles. The Balaban J connectivity index is 4.78. The van der Waals surface area contributed by atoms with Crippen LogP contribution in [0.5, 0.6) is 0 Å². The minimum atomic E-state index is -4.77. The molecule has 0 spiro atoms. The number of hydrogen-bond acceptors (Lipinski definition) is 10. The van der Waals surface area contributed by atoms with Crippen LogP contribution in [0.25, 0.3) is 0 Å². The Labute approximate surface area is 451 Å². The molecule has 3 unspecified atom stereocenters. The number of ether oxygens (including phenoxy) is 3. The van der Waals surface area contributed by atoms with Crippen LogP contribution in [0.4, 0.5) is 0 Å². The highest BCUT2D eigenvalue weighted by atomic mass is 31.2. The third-order valence-electron chi connectivity index (χ3n) is 12.3. The normalized spacial score (nSPS) is 14.0. The van der Waals surface area contributed by atoms with Crippen molar-refractivity contribution in [3.8, 4) is 0 Å². The molecule has 0 aromatic rings. The van der Waals surface area contributed by atoms with Gasteiger partial charge in [-0.15, -0.1) is 0 Å². The van der Waals surface area contributed by atoms with Crippen LogP contribution in [0, 0.1) is 0 Å². The second-order valence-electron chi connectivity index (χ2n) is 19.4. The van der Waals surface area contributed by atoms with E-state index >= 15 is 0 Å². The summed E-state index contributed by atoms with van der Waals surface area (Å²) >= 11 is 0. The van der Waals surface area contributed by atoms with Gasteiger partial charge in [0.05, 0.1) is 19.8 Å². The molecule has 11 nitrogen and oxygen atoms in total. The van der Waals surface area contributed by atoms with E-state index in [4.69, 9.17) is 23.3 Å². The lowest BCUT2D eigenvalue weighted by Gasteiger charge is -2.21. The number of aliphatic hydroxyl groups excluding tert-OH is 1. The number of carbonyl (C=O) groups excluding carboxylic acids is 3. The van der Waals surface area contributed by atoms with E-state index < -0.39 is 57.8 Å². The molecule has 3 atom stereocenters. The van der Waals surface area contributed by atoms with Crippen LogP contribution in [0.1, 0.15) is 252 Å². The lowest BCUT2D eigenvalue weighted by atomic mass is 10.1. The second-order valence-corrected chi connectivity index (χ2v) is 20.9. The molecule has 0 radical (unpaired) electrons. The molecule has 0 aromatic carbocycles. The van der Waals surface area contributed by atoms with Crippen molar-refractivity contribution < 1.29 is 52.2 Å². The highest BCUT2D eigenvalue weighted by Crippen LogP contribution is 2.43. The van der Waals surface area contributed by atoms with E-state index in [1.165, 1.54) is 89.9 Å². The summed E-state index contributed by atoms with van der Waals surface area (Å²) in [5.41, 5.74) is 0. The van der Waals surface area contributed by atoms with Crippen LogP contribution in [0.15, 0.2) is 85.1 Å². The highest BCUT2D eigenvalue weighted by Gasteiger charge is 2.28. The van der Waals surface area contributed by atoms with Crippen LogP contribution in [-0.2, 0) is 42.2 Å². The zero-order chi connectivity index (χ0) is 54.1. The van der Waals surface area contributed by atoms with Gasteiger partial charge in [0.1, 0.15) is 12.7 Å².